The predicted octanol–water partition coefficient (Wildman–Crippen LogP) is 7.12. The van der Waals surface area contributed by atoms with Gasteiger partial charge in [0.1, 0.15) is 23.9 Å². The van der Waals surface area contributed by atoms with E-state index in [0.29, 0.717) is 45.2 Å². The van der Waals surface area contributed by atoms with Gasteiger partial charge in [0.15, 0.2) is 0 Å². The molecule has 0 aromatic heterocycles. The molecule has 2 aliphatic heterocycles. The van der Waals surface area contributed by atoms with Crippen molar-refractivity contribution in [2.75, 3.05) is 47.2 Å². The number of methoxy groups -OCH3 is 2. The fraction of sp³-hybridized carbons (Fsp3) is 0.759. The summed E-state index contributed by atoms with van der Waals surface area (Å²) in [6.45, 7) is 20.3. The van der Waals surface area contributed by atoms with Gasteiger partial charge < -0.3 is 39.9 Å². The second-order valence-corrected chi connectivity index (χ2v) is 25.4. The summed E-state index contributed by atoms with van der Waals surface area (Å²) in [7, 11) is 6.21. The Hall–Kier alpha value is -4.62. The van der Waals surface area contributed by atoms with E-state index in [9.17, 15) is 47.9 Å². The summed E-state index contributed by atoms with van der Waals surface area (Å²) in [5.41, 5.74) is 0.224. The molecule has 0 radical (unpaired) electrons. The van der Waals surface area contributed by atoms with Crippen LogP contribution < -0.4 is 10.6 Å². The van der Waals surface area contributed by atoms with Crippen molar-refractivity contribution >= 4 is 59.1 Å². The van der Waals surface area contributed by atoms with Crippen LogP contribution >= 0.6 is 11.8 Å². The molecule has 3 fully saturated rings. The summed E-state index contributed by atoms with van der Waals surface area (Å²) in [5.74, 6) is -5.02. The number of amides is 7. The van der Waals surface area contributed by atoms with Crippen molar-refractivity contribution in [1.82, 2.24) is 30.2 Å². The number of carboxylic acid groups (broad SMARTS) is 1. The van der Waals surface area contributed by atoms with Crippen molar-refractivity contribution in [3.8, 4) is 0 Å². The highest BCUT2D eigenvalue weighted by atomic mass is 32.2. The van der Waals surface area contributed by atoms with Gasteiger partial charge in [-0.15, -0.1) is 11.8 Å². The minimum atomic E-state index is -1.41. The number of imide groups is 1. The average molecular weight is 1100 g/mol. The Morgan fingerprint density at radius 3 is 2.12 bits per heavy atom. The number of nitrogens with one attached hydrogen (secondary N) is 2. The summed E-state index contributed by atoms with van der Waals surface area (Å²) < 4.78 is 26.6. The van der Waals surface area contributed by atoms with E-state index in [4.69, 9.17) is 9.47 Å². The number of rotatable bonds is 31. The van der Waals surface area contributed by atoms with Gasteiger partial charge in [-0.25, -0.2) is 9.18 Å². The van der Waals surface area contributed by atoms with E-state index in [1.54, 1.807) is 48.6 Å². The summed E-state index contributed by atoms with van der Waals surface area (Å²) >= 11 is 1.56. The number of unbranched alkanes of at least 4 members (excludes halogenated alkanes) is 2. The molecule has 10 atom stereocenters. The fourth-order valence-corrected chi connectivity index (χ4v) is 12.4. The first kappa shape index (κ1) is 64.9. The van der Waals surface area contributed by atoms with Crippen LogP contribution in [0.1, 0.15) is 152 Å². The molecule has 2 heterocycles. The number of halogens is 1. The molecule has 2 saturated heterocycles. The van der Waals surface area contributed by atoms with Crippen LogP contribution in [-0.4, -0.2) is 167 Å². The molecule has 1 saturated carbocycles. The van der Waals surface area contributed by atoms with Crippen LogP contribution in [0.2, 0.25) is 0 Å². The number of thioether (sulfide) groups is 1. The van der Waals surface area contributed by atoms with E-state index in [-0.39, 0.29) is 94.6 Å². The minimum absolute atomic E-state index is 0.108. The van der Waals surface area contributed by atoms with Gasteiger partial charge in [0.25, 0.3) is 0 Å². The molecule has 19 heteroatoms. The third-order valence-electron chi connectivity index (χ3n) is 16.3. The number of likely N-dealkylation sites (N-methyl/N-ethyl adjacent to an activating group) is 2. The molecule has 434 valence electrons. The van der Waals surface area contributed by atoms with Crippen LogP contribution in [0.4, 0.5) is 4.39 Å². The lowest BCUT2D eigenvalue weighted by Crippen LogP contribution is -2.60. The van der Waals surface area contributed by atoms with E-state index in [1.807, 2.05) is 41.5 Å². The van der Waals surface area contributed by atoms with Crippen LogP contribution in [0, 0.1) is 40.3 Å². The largest absolute Gasteiger partial charge is 0.480 e. The van der Waals surface area contributed by atoms with Gasteiger partial charge in [-0.2, -0.15) is 0 Å². The van der Waals surface area contributed by atoms with Crippen LogP contribution in [0.25, 0.3) is 0 Å². The Bertz CT molecular complexity index is 2200. The number of carboxylic acids is 1. The number of ether oxygens (including phenoxy) is 2. The molecule has 1 spiro atoms. The third-order valence-corrected chi connectivity index (χ3v) is 17.6. The van der Waals surface area contributed by atoms with Crippen molar-refractivity contribution in [2.24, 2.45) is 34.5 Å². The molecular formula is C58H93FN6O11S. The molecule has 5 unspecified atom stereocenters. The summed E-state index contributed by atoms with van der Waals surface area (Å²) in [5, 5.41) is 15.2. The maximum Gasteiger partial charge on any atom is 0.326 e. The second kappa shape index (κ2) is 29.0. The maximum absolute atomic E-state index is 14.8. The summed E-state index contributed by atoms with van der Waals surface area (Å²) in [4.78, 5) is 115. The lowest BCUT2D eigenvalue weighted by Gasteiger charge is -2.41. The van der Waals surface area contributed by atoms with Gasteiger partial charge in [0.05, 0.1) is 41.9 Å². The van der Waals surface area contributed by atoms with Gasteiger partial charge in [-0.05, 0) is 90.9 Å². The Kier molecular flexibility index (Phi) is 24.5. The normalized spacial score (nSPS) is 20.4. The highest BCUT2D eigenvalue weighted by Gasteiger charge is 2.56. The molecular weight excluding hydrogens is 1010 g/mol. The van der Waals surface area contributed by atoms with Gasteiger partial charge in [-0.3, -0.25) is 38.5 Å². The highest BCUT2D eigenvalue weighted by molar-refractivity contribution is 8.00. The molecule has 7 amide bonds. The zero-order valence-corrected chi connectivity index (χ0v) is 49.5. The molecule has 0 bridgehead atoms. The standard InChI is InChI=1S/C58H93FN6O11S/c1-15-37(6)50(43(75-13)31-46(67)65-34-58(26-27-58)33-42(65)51(76-14)38(7)52(69)60-41(56(73)74)30-39-22-18-19-23-40(39)59)63(12)55(72)48(35(2)3)61-53(70)49(36(4)5)62(11)45(66)24-17-16-20-28-64-47(68)32-44(54(64)71)77-29-21-25-57(8,9)10/h18-19,22-23,35-38,41-44,48-51H,15-17,20-21,24-34H2,1-14H3,(H,60,69)(H,61,70)(H,73,74)/t37-,38?,41-,42-,43?,44?,48-,49-,50?,51?/m0/s1. The fourth-order valence-electron chi connectivity index (χ4n) is 11.3. The quantitative estimate of drug-likeness (QED) is 0.0501. The topological polar surface area (TPSA) is 212 Å². The molecule has 4 rings (SSSR count). The Morgan fingerprint density at radius 1 is 0.896 bits per heavy atom. The third kappa shape index (κ3) is 17.7. The predicted molar refractivity (Wildman–Crippen MR) is 296 cm³/mol. The van der Waals surface area contributed by atoms with Gasteiger partial charge in [-0.1, -0.05) is 100 Å². The van der Waals surface area contributed by atoms with E-state index < -0.39 is 71.9 Å². The van der Waals surface area contributed by atoms with Crippen molar-refractivity contribution in [2.45, 2.75) is 200 Å². The van der Waals surface area contributed by atoms with E-state index in [1.165, 1.54) is 42.2 Å². The van der Waals surface area contributed by atoms with E-state index in [0.717, 1.165) is 31.4 Å². The SMILES string of the molecule is CC[C@H](C)C(C(CC(=O)N1CC2(CC2)C[C@H]1C(OC)C(C)C(=O)N[C@@H](Cc1ccccc1F)C(=O)O)OC)N(C)C(=O)[C@@H](NC(=O)[C@H](C(C)C)N(C)C(=O)CCCCCN1C(=O)CC(SCCCC(C)(C)C)C1=O)C(C)C. The lowest BCUT2D eigenvalue weighted by atomic mass is 9.89. The monoisotopic (exact) mass is 1100 g/mol. The van der Waals surface area contributed by atoms with Crippen LogP contribution in [0.3, 0.4) is 0 Å². The lowest BCUT2D eigenvalue weighted by molar-refractivity contribution is -0.149. The number of hydrogen-bond donors (Lipinski definition) is 3. The van der Waals surface area contributed by atoms with E-state index >= 15 is 0 Å². The number of hydrogen-bond acceptors (Lipinski definition) is 11. The number of aliphatic carboxylic acids is 1. The molecule has 17 nitrogen and oxygen atoms in total. The van der Waals surface area contributed by atoms with Crippen molar-refractivity contribution in [3.05, 3.63) is 35.6 Å². The van der Waals surface area contributed by atoms with Crippen LogP contribution in [0.5, 0.6) is 0 Å². The number of benzene rings is 1. The molecule has 77 heavy (non-hydrogen) atoms. The molecule has 1 aliphatic carbocycles. The minimum Gasteiger partial charge on any atom is -0.480 e. The maximum atomic E-state index is 14.8. The summed E-state index contributed by atoms with van der Waals surface area (Å²) in [6, 6.07) is 1.36. The Balaban J connectivity index is 1.40. The Labute approximate surface area is 462 Å². The van der Waals surface area contributed by atoms with Crippen molar-refractivity contribution in [3.63, 3.8) is 0 Å². The van der Waals surface area contributed by atoms with Gasteiger partial charge in [0, 0.05) is 60.7 Å². The second-order valence-electron chi connectivity index (χ2n) is 24.1. The van der Waals surface area contributed by atoms with Crippen molar-refractivity contribution < 1.29 is 57.3 Å². The first-order valence-corrected chi connectivity index (χ1v) is 29.1. The smallest absolute Gasteiger partial charge is 0.326 e. The zero-order chi connectivity index (χ0) is 57.7. The molecule has 3 N–H and O–H groups in total. The van der Waals surface area contributed by atoms with Crippen molar-refractivity contribution in [1.29, 1.82) is 0 Å². The number of likely N-dealkylation sites (tertiary alicyclic amines) is 2. The molecule has 3 aliphatic rings. The summed E-state index contributed by atoms with van der Waals surface area (Å²) in [6.07, 6.45) is 5.13. The Morgan fingerprint density at radius 2 is 1.56 bits per heavy atom. The van der Waals surface area contributed by atoms with Gasteiger partial charge >= 0.3 is 5.97 Å². The van der Waals surface area contributed by atoms with Gasteiger partial charge in [0.2, 0.25) is 41.4 Å². The molecule has 1 aromatic rings. The van der Waals surface area contributed by atoms with E-state index in [2.05, 4.69) is 31.4 Å². The number of nitrogens with zero attached hydrogens (tertiary/aromatic N) is 4. The first-order valence-electron chi connectivity index (χ1n) is 28.0. The van der Waals surface area contributed by atoms with Crippen LogP contribution in [0.15, 0.2) is 24.3 Å². The number of carbonyl (C=O) groups is 8. The zero-order valence-electron chi connectivity index (χ0n) is 48.7. The molecule has 1 aromatic carbocycles. The van der Waals surface area contributed by atoms with Crippen LogP contribution in [-0.2, 0) is 54.3 Å². The highest BCUT2D eigenvalue weighted by Crippen LogP contribution is 2.56. The average Bonchev–Trinajstić information content (AvgIpc) is 3.94. The first-order chi connectivity index (χ1) is 36.1. The number of carbonyl (C=O) groups excluding carboxylic acids is 7.